The molecule has 3 N–H and O–H groups in total. The lowest BCUT2D eigenvalue weighted by molar-refractivity contribution is 0.00995. The number of hydrogen-bond acceptors (Lipinski definition) is 6. The molecule has 0 aliphatic carbocycles. The third kappa shape index (κ3) is 8.76. The number of aliphatic hydroxyl groups is 2. The summed E-state index contributed by atoms with van der Waals surface area (Å²) in [6.07, 6.45) is -2.18. The van der Waals surface area contributed by atoms with Gasteiger partial charge in [0.25, 0.3) is 0 Å². The predicted molar refractivity (Wildman–Crippen MR) is 54.0 cm³/mol. The van der Waals surface area contributed by atoms with Gasteiger partial charge in [0, 0.05) is 0 Å². The van der Waals surface area contributed by atoms with Crippen molar-refractivity contribution in [2.24, 2.45) is 5.92 Å². The van der Waals surface area contributed by atoms with E-state index in [1.165, 1.54) is 0 Å². The molecule has 0 rings (SSSR count). The van der Waals surface area contributed by atoms with Gasteiger partial charge < -0.3 is 14.8 Å². The zero-order chi connectivity index (χ0) is 12.1. The molecule has 0 saturated heterocycles. The second-order valence-electron chi connectivity index (χ2n) is 3.87. The van der Waals surface area contributed by atoms with Crippen molar-refractivity contribution in [3.05, 3.63) is 0 Å². The molecule has 0 heterocycles. The van der Waals surface area contributed by atoms with E-state index in [1.807, 2.05) is 13.8 Å². The highest BCUT2D eigenvalue weighted by Crippen LogP contribution is 1.99. The van der Waals surface area contributed by atoms with Crippen LogP contribution < -0.4 is 5.32 Å². The van der Waals surface area contributed by atoms with Gasteiger partial charge in [-0.15, -0.1) is 0 Å². The minimum atomic E-state index is -4.51. The van der Waals surface area contributed by atoms with E-state index in [4.69, 9.17) is 5.11 Å². The van der Waals surface area contributed by atoms with Crippen molar-refractivity contribution in [2.45, 2.75) is 32.6 Å². The van der Waals surface area contributed by atoms with Crippen LogP contribution in [-0.2, 0) is 10.1 Å². The van der Waals surface area contributed by atoms with Gasteiger partial charge in [0.15, 0.2) is 0 Å². The molecule has 0 spiro atoms. The lowest BCUT2D eigenvalue weighted by Gasteiger charge is -2.20. The molecular formula is C8H18NO5S-. The van der Waals surface area contributed by atoms with Gasteiger partial charge in [0.2, 0.25) is 0 Å². The highest BCUT2D eigenvalue weighted by atomic mass is 32.2. The first kappa shape index (κ1) is 14.8. The molecule has 0 fully saturated rings. The van der Waals surface area contributed by atoms with Crippen molar-refractivity contribution in [2.75, 3.05) is 12.3 Å². The molecule has 0 radical (unpaired) electrons. The molecule has 15 heavy (non-hydrogen) atoms. The van der Waals surface area contributed by atoms with Gasteiger partial charge in [-0.1, -0.05) is 13.8 Å². The van der Waals surface area contributed by atoms with Crippen LogP contribution >= 0.6 is 0 Å². The van der Waals surface area contributed by atoms with Crippen molar-refractivity contribution < 1.29 is 23.2 Å². The summed E-state index contributed by atoms with van der Waals surface area (Å²) >= 11 is 0. The van der Waals surface area contributed by atoms with Crippen molar-refractivity contribution in [3.8, 4) is 0 Å². The second-order valence-corrected chi connectivity index (χ2v) is 5.32. The van der Waals surface area contributed by atoms with E-state index in [0.29, 0.717) is 12.5 Å². The summed E-state index contributed by atoms with van der Waals surface area (Å²) in [7, 11) is -4.51. The minimum Gasteiger partial charge on any atom is -0.748 e. The van der Waals surface area contributed by atoms with Gasteiger partial charge in [-0.3, -0.25) is 5.32 Å². The molecule has 0 aromatic rings. The number of nitrogens with one attached hydrogen (secondary N) is 1. The monoisotopic (exact) mass is 240 g/mol. The lowest BCUT2D eigenvalue weighted by atomic mass is 10.1. The van der Waals surface area contributed by atoms with E-state index < -0.39 is 28.2 Å². The summed E-state index contributed by atoms with van der Waals surface area (Å²) in [5.41, 5.74) is 0. The predicted octanol–water partition coefficient (Wildman–Crippen LogP) is -1.15. The van der Waals surface area contributed by atoms with Crippen LogP contribution in [0.4, 0.5) is 0 Å². The van der Waals surface area contributed by atoms with Crippen LogP contribution in [0.5, 0.6) is 0 Å². The Kier molecular flexibility index (Phi) is 6.30. The first-order valence-electron chi connectivity index (χ1n) is 4.75. The normalized spacial score (nSPS) is 16.7. The molecule has 0 amide bonds. The summed E-state index contributed by atoms with van der Waals surface area (Å²) in [6, 6.07) is 0. The third-order valence-corrected chi connectivity index (χ3v) is 2.56. The van der Waals surface area contributed by atoms with E-state index in [1.54, 1.807) is 0 Å². The summed E-state index contributed by atoms with van der Waals surface area (Å²) in [6.45, 7) is 4.44. The average Bonchev–Trinajstić information content (AvgIpc) is 1.99. The molecule has 0 saturated carbocycles. The fourth-order valence-corrected chi connectivity index (χ4v) is 1.56. The van der Waals surface area contributed by atoms with Crippen LogP contribution in [0.3, 0.4) is 0 Å². The summed E-state index contributed by atoms with van der Waals surface area (Å²) < 4.78 is 30.8. The van der Waals surface area contributed by atoms with Crippen LogP contribution in [0.25, 0.3) is 0 Å². The average molecular weight is 240 g/mol. The molecule has 0 aliphatic rings. The van der Waals surface area contributed by atoms with Gasteiger partial charge in [-0.25, -0.2) is 8.42 Å². The zero-order valence-corrected chi connectivity index (χ0v) is 9.70. The van der Waals surface area contributed by atoms with E-state index in [0.717, 1.165) is 6.42 Å². The Balaban J connectivity index is 3.84. The minimum absolute atomic E-state index is 0.435. The van der Waals surface area contributed by atoms with E-state index in [2.05, 4.69) is 5.32 Å². The highest BCUT2D eigenvalue weighted by molar-refractivity contribution is 7.85. The number of rotatable bonds is 7. The van der Waals surface area contributed by atoms with Gasteiger partial charge in [0.05, 0.1) is 15.9 Å². The number of hydrogen-bond donors (Lipinski definition) is 3. The first-order chi connectivity index (χ1) is 6.72. The summed E-state index contributed by atoms with van der Waals surface area (Å²) in [5, 5.41) is 20.9. The molecule has 0 aliphatic heterocycles. The van der Waals surface area contributed by atoms with Crippen molar-refractivity contribution in [1.82, 2.24) is 5.32 Å². The van der Waals surface area contributed by atoms with E-state index in [-0.39, 0.29) is 0 Å². The standard InChI is InChI=1S/C8H19NO5S/c1-6(2)3-4-9-8(11)7(10)5-15(12,13)14/h6-11H,3-5H2,1-2H3,(H,12,13,14)/p-1. The summed E-state index contributed by atoms with van der Waals surface area (Å²) in [4.78, 5) is 0. The molecule has 0 aromatic heterocycles. The van der Waals surface area contributed by atoms with Gasteiger partial charge in [-0.2, -0.15) is 0 Å². The Morgan fingerprint density at radius 3 is 2.27 bits per heavy atom. The quantitative estimate of drug-likeness (QED) is 0.383. The molecule has 7 heteroatoms. The van der Waals surface area contributed by atoms with Crippen LogP contribution in [-0.4, -0.2) is 47.8 Å². The van der Waals surface area contributed by atoms with Crippen molar-refractivity contribution in [3.63, 3.8) is 0 Å². The van der Waals surface area contributed by atoms with Gasteiger partial charge >= 0.3 is 0 Å². The van der Waals surface area contributed by atoms with E-state index >= 15 is 0 Å². The maximum atomic E-state index is 10.3. The molecular weight excluding hydrogens is 222 g/mol. The Morgan fingerprint density at radius 1 is 1.33 bits per heavy atom. The van der Waals surface area contributed by atoms with Crippen LogP contribution in [0.2, 0.25) is 0 Å². The van der Waals surface area contributed by atoms with Gasteiger partial charge in [0.1, 0.15) is 12.3 Å². The largest absolute Gasteiger partial charge is 0.748 e. The fraction of sp³-hybridized carbons (Fsp3) is 1.00. The van der Waals surface area contributed by atoms with E-state index in [9.17, 15) is 18.1 Å². The van der Waals surface area contributed by atoms with Crippen LogP contribution in [0.15, 0.2) is 0 Å². The fourth-order valence-electron chi connectivity index (χ4n) is 0.956. The van der Waals surface area contributed by atoms with Crippen molar-refractivity contribution >= 4 is 10.1 Å². The topological polar surface area (TPSA) is 110 Å². The molecule has 92 valence electrons. The Hall–Kier alpha value is -0.210. The maximum Gasteiger partial charge on any atom is 0.132 e. The molecule has 2 atom stereocenters. The zero-order valence-electron chi connectivity index (χ0n) is 8.88. The SMILES string of the molecule is CC(C)CCNC(O)C(O)CS(=O)(=O)[O-]. The number of aliphatic hydroxyl groups excluding tert-OH is 2. The third-order valence-electron chi connectivity index (χ3n) is 1.81. The highest BCUT2D eigenvalue weighted by Gasteiger charge is 2.17. The van der Waals surface area contributed by atoms with Crippen LogP contribution in [0.1, 0.15) is 20.3 Å². The Morgan fingerprint density at radius 2 is 1.87 bits per heavy atom. The smallest absolute Gasteiger partial charge is 0.132 e. The lowest BCUT2D eigenvalue weighted by Crippen LogP contribution is -2.43. The Labute approximate surface area is 90.1 Å². The Bertz CT molecular complexity index is 264. The van der Waals surface area contributed by atoms with Crippen molar-refractivity contribution in [1.29, 1.82) is 0 Å². The molecule has 0 bridgehead atoms. The maximum absolute atomic E-state index is 10.3. The second kappa shape index (κ2) is 6.39. The molecule has 0 aromatic carbocycles. The molecule has 2 unspecified atom stereocenters. The summed E-state index contributed by atoms with van der Waals surface area (Å²) in [5.74, 6) is -0.548. The first-order valence-corrected chi connectivity index (χ1v) is 6.33. The molecule has 6 nitrogen and oxygen atoms in total. The van der Waals surface area contributed by atoms with Crippen LogP contribution in [0, 0.1) is 5.92 Å². The van der Waals surface area contributed by atoms with Gasteiger partial charge in [-0.05, 0) is 18.9 Å².